The smallest absolute Gasteiger partial charge is 0.423 e. The maximum absolute atomic E-state index is 12.5. The van der Waals surface area contributed by atoms with E-state index in [4.69, 9.17) is 18.7 Å². The summed E-state index contributed by atoms with van der Waals surface area (Å²) in [5.74, 6) is 0.0825. The molecule has 0 saturated carbocycles. The molecule has 4 rings (SSSR count). The monoisotopic (exact) mass is 643 g/mol. The molecule has 1 aliphatic rings. The van der Waals surface area contributed by atoms with Crippen molar-refractivity contribution in [3.05, 3.63) is 103 Å². The normalized spacial score (nSPS) is 22.7. The van der Waals surface area contributed by atoms with E-state index in [1.54, 1.807) is 18.2 Å². The average molecular weight is 643 g/mol. The molecule has 1 fully saturated rings. The molecule has 0 spiro atoms. The third-order valence-corrected chi connectivity index (χ3v) is 8.86. The average Bonchev–Trinajstić information content (AvgIpc) is 3.22. The van der Waals surface area contributed by atoms with Crippen molar-refractivity contribution in [1.82, 2.24) is 9.55 Å². The zero-order chi connectivity index (χ0) is 31.4. The van der Waals surface area contributed by atoms with Gasteiger partial charge in [-0.2, -0.15) is 0 Å². The molecule has 0 aliphatic carbocycles. The third kappa shape index (κ3) is 8.53. The third-order valence-electron chi connectivity index (χ3n) is 5.78. The fourth-order valence-corrected chi connectivity index (χ4v) is 6.61. The van der Waals surface area contributed by atoms with Crippen LogP contribution in [0.2, 0.25) is 0 Å². The van der Waals surface area contributed by atoms with Gasteiger partial charge in [0.25, 0.3) is 11.2 Å². The minimum atomic E-state index is -5.32. The molecule has 230 valence electrons. The van der Waals surface area contributed by atoms with Crippen molar-refractivity contribution in [2.75, 3.05) is 6.61 Å². The predicted molar refractivity (Wildman–Crippen MR) is 142 cm³/mol. The lowest BCUT2D eigenvalue weighted by Crippen LogP contribution is -2.41. The van der Waals surface area contributed by atoms with E-state index in [0.29, 0.717) is 0 Å². The maximum Gasteiger partial charge on any atom is 0.514 e. The van der Waals surface area contributed by atoms with Crippen LogP contribution < -0.4 is 16.0 Å². The molecular weight excluding hydrogens is 620 g/mol. The van der Waals surface area contributed by atoms with Crippen molar-refractivity contribution in [3.63, 3.8) is 0 Å². The van der Waals surface area contributed by atoms with Crippen LogP contribution in [-0.4, -0.2) is 60.4 Å². The standard InChI is InChI=1S/C23H23N3O15P2/c27-18-10-11-25(22(29)24-18)21-20(40-23(30)38-16-4-2-1-3-5-16)19(28)17(39-21)12-37-43(35,36)41-42(33,34)13-14-6-8-15(9-7-14)26(31)32/h1-11,17,19-21,28H,12-13H2,(H,33,34)(H,35,36)(H,24,27,29). The molecule has 1 aliphatic heterocycles. The number of aliphatic hydroxyl groups excluding tert-OH is 1. The lowest BCUT2D eigenvalue weighted by molar-refractivity contribution is -0.384. The number of H-pyrrole nitrogens is 1. The lowest BCUT2D eigenvalue weighted by atomic mass is 10.1. The highest BCUT2D eigenvalue weighted by atomic mass is 31.3. The Morgan fingerprint density at radius 1 is 1.07 bits per heavy atom. The molecule has 3 aromatic rings. The first-order chi connectivity index (χ1) is 20.2. The number of nitro groups is 1. The molecule has 1 saturated heterocycles. The number of benzene rings is 2. The Balaban J connectivity index is 1.45. The fraction of sp³-hybridized carbons (Fsp3) is 0.261. The van der Waals surface area contributed by atoms with Gasteiger partial charge >= 0.3 is 27.3 Å². The molecule has 1 aromatic heterocycles. The molecule has 43 heavy (non-hydrogen) atoms. The SMILES string of the molecule is O=C(Oc1ccccc1)OC1C(O)C(COP(=O)(O)OP(=O)(O)Cc2ccc([N+](=O)[O-])cc2)OC1n1ccc(=O)[nH]c1=O. The highest BCUT2D eigenvalue weighted by Crippen LogP contribution is 2.61. The number of carbonyl (C=O) groups excluding carboxylic acids is 1. The van der Waals surface area contributed by atoms with E-state index in [-0.39, 0.29) is 17.0 Å². The van der Waals surface area contributed by atoms with Gasteiger partial charge in [-0.15, -0.1) is 0 Å². The highest BCUT2D eigenvalue weighted by molar-refractivity contribution is 7.63. The van der Waals surface area contributed by atoms with Crippen molar-refractivity contribution in [2.45, 2.75) is 30.7 Å². The number of ether oxygens (including phenoxy) is 3. The number of nitrogens with one attached hydrogen (secondary N) is 1. The second kappa shape index (κ2) is 13.1. The van der Waals surface area contributed by atoms with Crippen LogP contribution in [0.4, 0.5) is 10.5 Å². The van der Waals surface area contributed by atoms with E-state index in [2.05, 4.69) is 4.31 Å². The molecule has 20 heteroatoms. The molecule has 2 heterocycles. The Labute approximate surface area is 240 Å². The number of phosphoric acid groups is 1. The second-order valence-electron chi connectivity index (χ2n) is 8.89. The van der Waals surface area contributed by atoms with Crippen LogP contribution in [0.15, 0.2) is 76.4 Å². The fourth-order valence-electron chi connectivity index (χ4n) is 3.89. The summed E-state index contributed by atoms with van der Waals surface area (Å²) in [6.07, 6.45) is -7.83. The minimum Gasteiger partial charge on any atom is -0.423 e. The number of aliphatic hydroxyl groups is 1. The Morgan fingerprint density at radius 2 is 1.74 bits per heavy atom. The van der Waals surface area contributed by atoms with Crippen LogP contribution in [0.1, 0.15) is 11.8 Å². The van der Waals surface area contributed by atoms with E-state index < -0.39 is 75.1 Å². The van der Waals surface area contributed by atoms with E-state index in [9.17, 15) is 48.5 Å². The van der Waals surface area contributed by atoms with Gasteiger partial charge in [0.2, 0.25) is 0 Å². The van der Waals surface area contributed by atoms with Crippen molar-refractivity contribution >= 4 is 27.3 Å². The molecule has 0 bridgehead atoms. The van der Waals surface area contributed by atoms with Crippen molar-refractivity contribution in [1.29, 1.82) is 0 Å². The molecule has 2 aromatic carbocycles. The number of hydrogen-bond acceptors (Lipinski definition) is 13. The van der Waals surface area contributed by atoms with Crippen molar-refractivity contribution in [2.24, 2.45) is 0 Å². The van der Waals surface area contributed by atoms with Crippen molar-refractivity contribution < 1.29 is 56.8 Å². The van der Waals surface area contributed by atoms with Gasteiger partial charge in [-0.25, -0.2) is 18.5 Å². The summed E-state index contributed by atoms with van der Waals surface area (Å²) in [6.45, 7) is -0.978. The first kappa shape index (κ1) is 31.9. The van der Waals surface area contributed by atoms with Gasteiger partial charge in [0, 0.05) is 24.4 Å². The quantitative estimate of drug-likeness (QED) is 0.0764. The van der Waals surface area contributed by atoms with E-state index in [0.717, 1.165) is 41.1 Å². The zero-order valence-corrected chi connectivity index (χ0v) is 23.4. The molecule has 4 N–H and O–H groups in total. The van der Waals surface area contributed by atoms with Crippen LogP contribution in [0.5, 0.6) is 5.75 Å². The van der Waals surface area contributed by atoms with Gasteiger partial charge in [-0.05, 0) is 17.7 Å². The molecule has 0 amide bonds. The minimum absolute atomic E-state index is 0.0718. The summed E-state index contributed by atoms with van der Waals surface area (Å²) in [5.41, 5.74) is -2.00. The van der Waals surface area contributed by atoms with Crippen molar-refractivity contribution in [3.8, 4) is 5.75 Å². The van der Waals surface area contributed by atoms with Gasteiger partial charge in [0.15, 0.2) is 12.3 Å². The van der Waals surface area contributed by atoms with E-state index >= 15 is 0 Å². The molecule has 6 atom stereocenters. The number of para-hydroxylation sites is 1. The number of non-ortho nitro benzene ring substituents is 1. The Hall–Kier alpha value is -3.99. The number of nitrogens with zero attached hydrogens (tertiary/aromatic N) is 2. The Kier molecular flexibility index (Phi) is 9.74. The van der Waals surface area contributed by atoms with Crippen LogP contribution in [0, 0.1) is 10.1 Å². The van der Waals surface area contributed by atoms with Crippen LogP contribution in [-0.2, 0) is 33.6 Å². The number of rotatable bonds is 11. The molecule has 18 nitrogen and oxygen atoms in total. The van der Waals surface area contributed by atoms with Gasteiger partial charge in [0.05, 0.1) is 17.7 Å². The summed E-state index contributed by atoms with van der Waals surface area (Å²) < 4.78 is 50.7. The van der Waals surface area contributed by atoms with Gasteiger partial charge in [-0.3, -0.25) is 33.5 Å². The summed E-state index contributed by atoms with van der Waals surface area (Å²) >= 11 is 0. The van der Waals surface area contributed by atoms with Crippen LogP contribution in [0.25, 0.3) is 0 Å². The summed E-state index contributed by atoms with van der Waals surface area (Å²) in [7, 11) is -10.2. The second-order valence-corrected chi connectivity index (χ2v) is 12.3. The molecular formula is C23H23N3O15P2. The molecule has 6 unspecified atom stereocenters. The maximum atomic E-state index is 12.5. The van der Waals surface area contributed by atoms with Crippen LogP contribution in [0.3, 0.4) is 0 Å². The van der Waals surface area contributed by atoms with Gasteiger partial charge < -0.3 is 29.1 Å². The number of hydrogen-bond donors (Lipinski definition) is 4. The van der Waals surface area contributed by atoms with E-state index in [1.165, 1.54) is 12.1 Å². The lowest BCUT2D eigenvalue weighted by Gasteiger charge is -2.21. The Morgan fingerprint density at radius 3 is 2.37 bits per heavy atom. The topological polar surface area (TPSA) is 256 Å². The Bertz CT molecular complexity index is 1680. The zero-order valence-electron chi connectivity index (χ0n) is 21.6. The predicted octanol–water partition coefficient (Wildman–Crippen LogP) is 1.81. The first-order valence-corrected chi connectivity index (χ1v) is 15.3. The van der Waals surface area contributed by atoms with Crippen LogP contribution >= 0.6 is 15.4 Å². The number of aromatic nitrogens is 2. The summed E-state index contributed by atoms with van der Waals surface area (Å²) in [4.78, 5) is 68.5. The van der Waals surface area contributed by atoms with Gasteiger partial charge in [0.1, 0.15) is 18.0 Å². The number of carbonyl (C=O) groups is 1. The van der Waals surface area contributed by atoms with E-state index in [1.807, 2.05) is 4.98 Å². The largest absolute Gasteiger partial charge is 0.514 e. The number of nitro benzene ring substituents is 1. The molecule has 0 radical (unpaired) electrons. The number of aromatic amines is 1. The first-order valence-electron chi connectivity index (χ1n) is 12.1. The number of phosphoric ester groups is 1. The summed E-state index contributed by atoms with van der Waals surface area (Å²) in [6, 6.07) is 13.0. The summed E-state index contributed by atoms with van der Waals surface area (Å²) in [5, 5.41) is 21.6. The highest BCUT2D eigenvalue weighted by Gasteiger charge is 2.49. The van der Waals surface area contributed by atoms with Gasteiger partial charge in [-0.1, -0.05) is 30.3 Å².